The number of carbonyl (C=O) groups is 2. The molecule has 0 aliphatic carbocycles. The van der Waals surface area contributed by atoms with Crippen molar-refractivity contribution in [3.05, 3.63) is 131 Å². The highest BCUT2D eigenvalue weighted by Crippen LogP contribution is 2.37. The number of hydrogen-bond donors (Lipinski definition) is 0. The standard InChI is InChI=1S/2C22H20F3N3O2S/c2*23-22(24,25)15-9-10-17(26-12-15)21-27-18(14-31-21)19-8-4-5-11-28(19)20(29)13-30-16-6-2-1-3-7-16/h2*1-3,6-7,9-10,12,14,19H,4-5,8,11,13H2/t2*19-/m11/s1. The maximum atomic E-state index is 12.8. The van der Waals surface area contributed by atoms with Crippen LogP contribution in [0.5, 0.6) is 11.5 Å². The van der Waals surface area contributed by atoms with E-state index >= 15 is 0 Å². The predicted octanol–water partition coefficient (Wildman–Crippen LogP) is 10.7. The van der Waals surface area contributed by atoms with Crippen molar-refractivity contribution in [1.82, 2.24) is 29.7 Å². The van der Waals surface area contributed by atoms with Gasteiger partial charge < -0.3 is 19.3 Å². The molecule has 2 fully saturated rings. The Balaban J connectivity index is 0.000000186. The molecule has 0 N–H and O–H groups in total. The Morgan fingerprint density at radius 1 is 0.581 bits per heavy atom. The first kappa shape index (κ1) is 44.2. The largest absolute Gasteiger partial charge is 0.484 e. The second-order valence-corrected chi connectivity index (χ2v) is 16.1. The summed E-state index contributed by atoms with van der Waals surface area (Å²) in [4.78, 5) is 46.2. The van der Waals surface area contributed by atoms with E-state index in [4.69, 9.17) is 9.47 Å². The Hall–Kier alpha value is -5.88. The number of likely N-dealkylation sites (tertiary alicyclic amines) is 2. The number of halogens is 6. The van der Waals surface area contributed by atoms with Crippen molar-refractivity contribution in [3.63, 3.8) is 0 Å². The molecule has 6 heterocycles. The Kier molecular flexibility index (Phi) is 14.2. The van der Waals surface area contributed by atoms with Crippen LogP contribution in [0.4, 0.5) is 26.3 Å². The van der Waals surface area contributed by atoms with Crippen LogP contribution in [-0.4, -0.2) is 67.9 Å². The van der Waals surface area contributed by atoms with Crippen LogP contribution >= 0.6 is 22.7 Å². The number of hydrogen-bond acceptors (Lipinski definition) is 10. The van der Waals surface area contributed by atoms with E-state index in [1.54, 1.807) is 34.1 Å². The van der Waals surface area contributed by atoms with E-state index in [0.29, 0.717) is 46.0 Å². The number of carbonyl (C=O) groups excluding carboxylic acids is 2. The Bertz CT molecular complexity index is 2210. The number of piperidine rings is 2. The first-order valence-corrected chi connectivity index (χ1v) is 21.5. The van der Waals surface area contributed by atoms with Crippen molar-refractivity contribution < 1.29 is 45.4 Å². The summed E-state index contributed by atoms with van der Waals surface area (Å²) in [6, 6.07) is 22.6. The zero-order chi connectivity index (χ0) is 43.7. The fourth-order valence-corrected chi connectivity index (χ4v) is 8.74. The summed E-state index contributed by atoms with van der Waals surface area (Å²) in [6.45, 7) is 1.12. The van der Waals surface area contributed by atoms with E-state index < -0.39 is 23.5 Å². The minimum Gasteiger partial charge on any atom is -0.484 e. The number of aromatic nitrogens is 4. The van der Waals surface area contributed by atoms with E-state index in [1.807, 2.05) is 47.2 Å². The zero-order valence-electron chi connectivity index (χ0n) is 33.0. The molecule has 18 heteroatoms. The maximum absolute atomic E-state index is 12.8. The molecule has 0 bridgehead atoms. The van der Waals surface area contributed by atoms with Gasteiger partial charge in [-0.15, -0.1) is 22.7 Å². The summed E-state index contributed by atoms with van der Waals surface area (Å²) in [7, 11) is 0. The molecule has 8 rings (SSSR count). The van der Waals surface area contributed by atoms with Crippen molar-refractivity contribution in [2.24, 2.45) is 0 Å². The van der Waals surface area contributed by atoms with Gasteiger partial charge in [0.25, 0.3) is 11.8 Å². The van der Waals surface area contributed by atoms with Crippen LogP contribution in [-0.2, 0) is 21.9 Å². The van der Waals surface area contributed by atoms with Gasteiger partial charge in [-0.2, -0.15) is 26.3 Å². The second kappa shape index (κ2) is 19.9. The van der Waals surface area contributed by atoms with Crippen LogP contribution in [0.2, 0.25) is 0 Å². The number of amides is 2. The number of ether oxygens (including phenoxy) is 2. The third-order valence-corrected chi connectivity index (χ3v) is 12.0. The van der Waals surface area contributed by atoms with Crippen LogP contribution in [0.15, 0.2) is 108 Å². The number of rotatable bonds is 10. The molecule has 2 amide bonds. The average molecular weight is 895 g/mol. The summed E-state index contributed by atoms with van der Waals surface area (Å²) < 4.78 is 87.8. The number of para-hydroxylation sites is 2. The number of alkyl halides is 6. The lowest BCUT2D eigenvalue weighted by Gasteiger charge is -2.34. The first-order chi connectivity index (χ1) is 29.8. The lowest BCUT2D eigenvalue weighted by Crippen LogP contribution is -2.41. The van der Waals surface area contributed by atoms with Crippen LogP contribution in [0.1, 0.15) is 73.1 Å². The van der Waals surface area contributed by atoms with Crippen LogP contribution in [0.25, 0.3) is 21.4 Å². The van der Waals surface area contributed by atoms with Gasteiger partial charge in [-0.1, -0.05) is 36.4 Å². The SMILES string of the molecule is O=C(COc1ccccc1)N1CCCC[C@@H]1c1csc(-c2ccc(C(F)(F)F)cn2)n1.O=C(COc1ccccc1)N1CCCC[C@@H]1c1csc(-c2ccc(C(F)(F)F)cn2)n1. The quantitative estimate of drug-likeness (QED) is 0.125. The van der Waals surface area contributed by atoms with Gasteiger partial charge in [0.15, 0.2) is 13.2 Å². The van der Waals surface area contributed by atoms with E-state index in [1.165, 1.54) is 34.8 Å². The highest BCUT2D eigenvalue weighted by Gasteiger charge is 2.34. The number of thiazole rings is 2. The van der Waals surface area contributed by atoms with E-state index in [2.05, 4.69) is 19.9 Å². The highest BCUT2D eigenvalue weighted by atomic mass is 32.1. The van der Waals surface area contributed by atoms with Crippen molar-refractivity contribution >= 4 is 34.5 Å². The van der Waals surface area contributed by atoms with E-state index in [0.717, 1.165) is 74.4 Å². The van der Waals surface area contributed by atoms with Gasteiger partial charge in [0.1, 0.15) is 21.5 Å². The highest BCUT2D eigenvalue weighted by molar-refractivity contribution is 7.13. The molecule has 6 aromatic rings. The van der Waals surface area contributed by atoms with Gasteiger partial charge in [-0.05, 0) is 87.1 Å². The third-order valence-electron chi connectivity index (χ3n) is 10.2. The Morgan fingerprint density at radius 2 is 0.984 bits per heavy atom. The summed E-state index contributed by atoms with van der Waals surface area (Å²) in [5, 5.41) is 4.76. The molecule has 62 heavy (non-hydrogen) atoms. The molecule has 2 atom stereocenters. The van der Waals surface area contributed by atoms with Crippen LogP contribution < -0.4 is 9.47 Å². The van der Waals surface area contributed by atoms with Gasteiger partial charge in [0, 0.05) is 36.2 Å². The van der Waals surface area contributed by atoms with Crippen molar-refractivity contribution in [2.75, 3.05) is 26.3 Å². The molecule has 0 radical (unpaired) electrons. The van der Waals surface area contributed by atoms with Gasteiger partial charge >= 0.3 is 12.4 Å². The molecule has 0 spiro atoms. The summed E-state index contributed by atoms with van der Waals surface area (Å²) >= 11 is 2.62. The lowest BCUT2D eigenvalue weighted by molar-refractivity contribution is -0.138. The Morgan fingerprint density at radius 3 is 1.34 bits per heavy atom. The number of benzene rings is 2. The smallest absolute Gasteiger partial charge is 0.417 e. The van der Waals surface area contributed by atoms with Gasteiger partial charge in [-0.3, -0.25) is 19.6 Å². The molecule has 10 nitrogen and oxygen atoms in total. The molecule has 4 aromatic heterocycles. The Labute approximate surface area is 361 Å². The van der Waals surface area contributed by atoms with Crippen molar-refractivity contribution in [2.45, 2.75) is 63.0 Å². The fourth-order valence-electron chi connectivity index (χ4n) is 7.05. The average Bonchev–Trinajstić information content (AvgIpc) is 4.00. The van der Waals surface area contributed by atoms with Gasteiger partial charge in [-0.25, -0.2) is 9.97 Å². The monoisotopic (exact) mass is 894 g/mol. The minimum absolute atomic E-state index is 0.0576. The normalized spacial score (nSPS) is 16.9. The maximum Gasteiger partial charge on any atom is 0.417 e. The molecule has 2 saturated heterocycles. The zero-order valence-corrected chi connectivity index (χ0v) is 34.7. The predicted molar refractivity (Wildman–Crippen MR) is 221 cm³/mol. The topological polar surface area (TPSA) is 111 Å². The van der Waals surface area contributed by atoms with Crippen LogP contribution in [0, 0.1) is 0 Å². The van der Waals surface area contributed by atoms with Crippen molar-refractivity contribution in [3.8, 4) is 32.9 Å². The summed E-state index contributed by atoms with van der Waals surface area (Å²) in [5.41, 5.74) is 0.630. The molecule has 2 aliphatic rings. The van der Waals surface area contributed by atoms with E-state index in [9.17, 15) is 35.9 Å². The molecule has 0 saturated carbocycles. The summed E-state index contributed by atoms with van der Waals surface area (Å²) in [6.07, 6.45) is -1.91. The third kappa shape index (κ3) is 11.3. The van der Waals surface area contributed by atoms with Crippen molar-refractivity contribution in [1.29, 1.82) is 0 Å². The van der Waals surface area contributed by atoms with Crippen LogP contribution in [0.3, 0.4) is 0 Å². The fraction of sp³-hybridized carbons (Fsp3) is 0.318. The first-order valence-electron chi connectivity index (χ1n) is 19.8. The summed E-state index contributed by atoms with van der Waals surface area (Å²) in [5.74, 6) is 1.04. The molecule has 2 aromatic carbocycles. The van der Waals surface area contributed by atoms with Gasteiger partial charge in [0.2, 0.25) is 0 Å². The molecule has 0 unspecified atom stereocenters. The number of pyridine rings is 2. The molecular weight excluding hydrogens is 855 g/mol. The van der Waals surface area contributed by atoms with E-state index in [-0.39, 0.29) is 37.1 Å². The molecular formula is C44H40F6N6O4S2. The lowest BCUT2D eigenvalue weighted by atomic mass is 10.00. The number of nitrogens with zero attached hydrogens (tertiary/aromatic N) is 6. The molecule has 324 valence electrons. The van der Waals surface area contributed by atoms with Gasteiger partial charge in [0.05, 0.1) is 46.0 Å². The molecule has 2 aliphatic heterocycles. The second-order valence-electron chi connectivity index (χ2n) is 14.4. The minimum atomic E-state index is -4.43.